The Bertz CT molecular complexity index is 537. The first-order valence-electron chi connectivity index (χ1n) is 6.38. The SMILES string of the molecule is CCOCCN(CC)S(=O)(=O)c1cnc(NC)c(Cl)c1. The fourth-order valence-electron chi connectivity index (χ4n) is 1.65. The fourth-order valence-corrected chi connectivity index (χ4v) is 3.38. The van der Waals surface area contributed by atoms with E-state index in [4.69, 9.17) is 16.3 Å². The van der Waals surface area contributed by atoms with Crippen molar-refractivity contribution < 1.29 is 13.2 Å². The maximum absolute atomic E-state index is 12.5. The van der Waals surface area contributed by atoms with Gasteiger partial charge < -0.3 is 10.1 Å². The third kappa shape index (κ3) is 4.05. The summed E-state index contributed by atoms with van der Waals surface area (Å²) in [6.45, 7) is 5.23. The van der Waals surface area contributed by atoms with Gasteiger partial charge in [0.15, 0.2) is 0 Å². The fraction of sp³-hybridized carbons (Fsp3) is 0.583. The van der Waals surface area contributed by atoms with Crippen molar-refractivity contribution >= 4 is 27.4 Å². The maximum atomic E-state index is 12.5. The molecule has 1 aromatic heterocycles. The number of ether oxygens (including phenoxy) is 1. The molecule has 0 radical (unpaired) electrons. The summed E-state index contributed by atoms with van der Waals surface area (Å²) in [5, 5.41) is 3.06. The molecule has 1 heterocycles. The zero-order valence-corrected chi connectivity index (χ0v) is 13.5. The van der Waals surface area contributed by atoms with Crippen LogP contribution >= 0.6 is 11.6 Å². The Morgan fingerprint density at radius 1 is 1.45 bits per heavy atom. The van der Waals surface area contributed by atoms with Gasteiger partial charge in [-0.1, -0.05) is 18.5 Å². The van der Waals surface area contributed by atoms with E-state index in [0.717, 1.165) is 0 Å². The van der Waals surface area contributed by atoms with Crippen LogP contribution in [0.3, 0.4) is 0 Å². The van der Waals surface area contributed by atoms with Crippen LogP contribution in [0.15, 0.2) is 17.2 Å². The second-order valence-corrected chi connectivity index (χ2v) is 6.29. The minimum absolute atomic E-state index is 0.0832. The summed E-state index contributed by atoms with van der Waals surface area (Å²) in [5.74, 6) is 0.447. The summed E-state index contributed by atoms with van der Waals surface area (Å²) in [5.41, 5.74) is 0. The Morgan fingerprint density at radius 2 is 2.15 bits per heavy atom. The van der Waals surface area contributed by atoms with Gasteiger partial charge in [0.2, 0.25) is 10.0 Å². The van der Waals surface area contributed by atoms with Crippen molar-refractivity contribution in [3.05, 3.63) is 17.3 Å². The van der Waals surface area contributed by atoms with E-state index in [9.17, 15) is 8.42 Å². The van der Waals surface area contributed by atoms with Gasteiger partial charge in [-0.25, -0.2) is 13.4 Å². The third-order valence-electron chi connectivity index (χ3n) is 2.73. The van der Waals surface area contributed by atoms with Crippen LogP contribution in [-0.4, -0.2) is 51.1 Å². The zero-order chi connectivity index (χ0) is 15.2. The molecule has 8 heteroatoms. The highest BCUT2D eigenvalue weighted by Gasteiger charge is 2.24. The zero-order valence-electron chi connectivity index (χ0n) is 11.9. The van der Waals surface area contributed by atoms with Gasteiger partial charge in [0.05, 0.1) is 11.6 Å². The van der Waals surface area contributed by atoms with Gasteiger partial charge in [-0.05, 0) is 13.0 Å². The quantitative estimate of drug-likeness (QED) is 0.740. The van der Waals surface area contributed by atoms with Crippen LogP contribution in [0.4, 0.5) is 5.82 Å². The highest BCUT2D eigenvalue weighted by molar-refractivity contribution is 7.89. The second-order valence-electron chi connectivity index (χ2n) is 3.95. The third-order valence-corrected chi connectivity index (χ3v) is 4.96. The lowest BCUT2D eigenvalue weighted by Gasteiger charge is -2.20. The van der Waals surface area contributed by atoms with E-state index in [0.29, 0.717) is 32.1 Å². The molecule has 1 aromatic rings. The monoisotopic (exact) mass is 321 g/mol. The van der Waals surface area contributed by atoms with E-state index in [1.165, 1.54) is 16.6 Å². The summed E-state index contributed by atoms with van der Waals surface area (Å²) in [6.07, 6.45) is 1.30. The number of likely N-dealkylation sites (N-methyl/N-ethyl adjacent to an activating group) is 1. The summed E-state index contributed by atoms with van der Waals surface area (Å²) in [6, 6.07) is 1.40. The topological polar surface area (TPSA) is 71.5 Å². The lowest BCUT2D eigenvalue weighted by Crippen LogP contribution is -2.34. The summed E-state index contributed by atoms with van der Waals surface area (Å²) >= 11 is 5.98. The minimum atomic E-state index is -3.60. The molecule has 0 bridgehead atoms. The molecule has 0 amide bonds. The first-order chi connectivity index (χ1) is 9.47. The van der Waals surface area contributed by atoms with Crippen molar-refractivity contribution in [3.8, 4) is 0 Å². The number of pyridine rings is 1. The van der Waals surface area contributed by atoms with E-state index in [1.54, 1.807) is 14.0 Å². The number of nitrogens with one attached hydrogen (secondary N) is 1. The van der Waals surface area contributed by atoms with E-state index < -0.39 is 10.0 Å². The van der Waals surface area contributed by atoms with E-state index in [-0.39, 0.29) is 9.92 Å². The molecular formula is C12H20ClN3O3S. The average molecular weight is 322 g/mol. The highest BCUT2D eigenvalue weighted by atomic mass is 35.5. The Morgan fingerprint density at radius 3 is 2.65 bits per heavy atom. The Hall–Kier alpha value is -0.890. The molecule has 114 valence electrons. The van der Waals surface area contributed by atoms with Crippen LogP contribution < -0.4 is 5.32 Å². The van der Waals surface area contributed by atoms with Crippen molar-refractivity contribution in [2.45, 2.75) is 18.7 Å². The molecule has 1 N–H and O–H groups in total. The normalized spacial score (nSPS) is 11.8. The molecule has 0 unspecified atom stereocenters. The molecule has 0 spiro atoms. The molecule has 0 saturated carbocycles. The van der Waals surface area contributed by atoms with Gasteiger partial charge >= 0.3 is 0 Å². The van der Waals surface area contributed by atoms with Crippen molar-refractivity contribution in [2.75, 3.05) is 38.7 Å². The Balaban J connectivity index is 2.98. The molecule has 0 saturated heterocycles. The number of aromatic nitrogens is 1. The largest absolute Gasteiger partial charge is 0.380 e. The molecule has 6 nitrogen and oxygen atoms in total. The van der Waals surface area contributed by atoms with E-state index >= 15 is 0 Å². The van der Waals surface area contributed by atoms with Crippen LogP contribution in [0.2, 0.25) is 5.02 Å². The van der Waals surface area contributed by atoms with Crippen molar-refractivity contribution in [1.82, 2.24) is 9.29 Å². The lowest BCUT2D eigenvalue weighted by atomic mass is 10.4. The number of anilines is 1. The number of hydrogen-bond acceptors (Lipinski definition) is 5. The van der Waals surface area contributed by atoms with Crippen molar-refractivity contribution in [2.24, 2.45) is 0 Å². The van der Waals surface area contributed by atoms with Gasteiger partial charge in [0.25, 0.3) is 0 Å². The van der Waals surface area contributed by atoms with Gasteiger partial charge in [0, 0.05) is 32.9 Å². The minimum Gasteiger partial charge on any atom is -0.380 e. The van der Waals surface area contributed by atoms with Gasteiger partial charge in [-0.2, -0.15) is 4.31 Å². The molecular weight excluding hydrogens is 302 g/mol. The van der Waals surface area contributed by atoms with Crippen molar-refractivity contribution in [1.29, 1.82) is 0 Å². The smallest absolute Gasteiger partial charge is 0.244 e. The molecule has 0 aliphatic carbocycles. The van der Waals surface area contributed by atoms with Gasteiger partial charge in [-0.3, -0.25) is 0 Å². The molecule has 0 aliphatic heterocycles. The van der Waals surface area contributed by atoms with Crippen LogP contribution in [0, 0.1) is 0 Å². The number of nitrogens with zero attached hydrogens (tertiary/aromatic N) is 2. The molecule has 0 atom stereocenters. The molecule has 1 rings (SSSR count). The van der Waals surface area contributed by atoms with E-state index in [1.807, 2.05) is 6.92 Å². The first-order valence-corrected chi connectivity index (χ1v) is 8.20. The van der Waals surface area contributed by atoms with Gasteiger partial charge in [0.1, 0.15) is 10.7 Å². The van der Waals surface area contributed by atoms with Crippen molar-refractivity contribution in [3.63, 3.8) is 0 Å². The van der Waals surface area contributed by atoms with Crippen LogP contribution in [0.1, 0.15) is 13.8 Å². The molecule has 0 fully saturated rings. The number of halogens is 1. The van der Waals surface area contributed by atoms with Crippen LogP contribution in [0.5, 0.6) is 0 Å². The highest BCUT2D eigenvalue weighted by Crippen LogP contribution is 2.23. The number of sulfonamides is 1. The summed E-state index contributed by atoms with van der Waals surface area (Å²) < 4.78 is 31.5. The number of rotatable bonds is 8. The Kier molecular flexibility index (Phi) is 6.67. The average Bonchev–Trinajstić information content (AvgIpc) is 2.43. The maximum Gasteiger partial charge on any atom is 0.244 e. The predicted molar refractivity (Wildman–Crippen MR) is 79.7 cm³/mol. The molecule has 0 aliphatic rings. The first kappa shape index (κ1) is 17.2. The summed E-state index contributed by atoms with van der Waals surface area (Å²) in [4.78, 5) is 4.08. The summed E-state index contributed by atoms with van der Waals surface area (Å²) in [7, 11) is -1.93. The van der Waals surface area contributed by atoms with Crippen LogP contribution in [0.25, 0.3) is 0 Å². The van der Waals surface area contributed by atoms with E-state index in [2.05, 4.69) is 10.3 Å². The molecule has 20 heavy (non-hydrogen) atoms. The second kappa shape index (κ2) is 7.78. The number of hydrogen-bond donors (Lipinski definition) is 1. The molecule has 0 aromatic carbocycles. The Labute approximate surface area is 125 Å². The van der Waals surface area contributed by atoms with Crippen LogP contribution in [-0.2, 0) is 14.8 Å². The standard InChI is InChI=1S/C12H20ClN3O3S/c1-4-16(6-7-19-5-2)20(17,18)10-8-11(13)12(14-3)15-9-10/h8-9H,4-7H2,1-3H3,(H,14,15). The lowest BCUT2D eigenvalue weighted by molar-refractivity contribution is 0.135. The van der Waals surface area contributed by atoms with Gasteiger partial charge in [-0.15, -0.1) is 0 Å². The predicted octanol–water partition coefficient (Wildman–Crippen LogP) is 1.82.